The first-order valence-electron chi connectivity index (χ1n) is 12.0. The summed E-state index contributed by atoms with van der Waals surface area (Å²) in [7, 11) is 2.04. The summed E-state index contributed by atoms with van der Waals surface area (Å²) in [6.07, 6.45) is 3.26. The predicted molar refractivity (Wildman–Crippen MR) is 129 cm³/mol. The van der Waals surface area contributed by atoms with Gasteiger partial charge in [0, 0.05) is 45.3 Å². The molecular formula is C26H32N4O3. The van der Waals surface area contributed by atoms with Gasteiger partial charge in [0.2, 0.25) is 0 Å². The standard InChI is InChI=1S/C26H32N4O3/c1-3-33-23-9-5-4-8-21(23)28-14-16-29(17-15-28)25(31)19-11-12-20-22(18-19)27(2)24-10-6-7-13-30(24)26(20)32/h4-5,8-9,11-12,18,24H,3,6-7,10,13-17H2,1-2H3/t24-/m1/s1. The van der Waals surface area contributed by atoms with Crippen LogP contribution in [-0.4, -0.2) is 74.2 Å². The average molecular weight is 449 g/mol. The third-order valence-electron chi connectivity index (χ3n) is 7.11. The molecule has 7 nitrogen and oxygen atoms in total. The van der Waals surface area contributed by atoms with E-state index in [1.807, 2.05) is 60.2 Å². The Morgan fingerprint density at radius 3 is 2.58 bits per heavy atom. The molecule has 0 unspecified atom stereocenters. The molecule has 0 aromatic heterocycles. The monoisotopic (exact) mass is 448 g/mol. The first-order chi connectivity index (χ1) is 16.1. The zero-order valence-electron chi connectivity index (χ0n) is 19.5. The van der Waals surface area contributed by atoms with Crippen molar-refractivity contribution in [2.24, 2.45) is 0 Å². The van der Waals surface area contributed by atoms with E-state index >= 15 is 0 Å². The summed E-state index contributed by atoms with van der Waals surface area (Å²) in [5, 5.41) is 0. The first-order valence-corrected chi connectivity index (χ1v) is 12.0. The zero-order chi connectivity index (χ0) is 22.9. The molecule has 3 aliphatic heterocycles. The van der Waals surface area contributed by atoms with Crippen LogP contribution >= 0.6 is 0 Å². The second-order valence-corrected chi connectivity index (χ2v) is 9.00. The summed E-state index contributed by atoms with van der Waals surface area (Å²) in [5.41, 5.74) is 3.31. The van der Waals surface area contributed by atoms with E-state index in [-0.39, 0.29) is 18.0 Å². The van der Waals surface area contributed by atoms with Crippen LogP contribution in [0.5, 0.6) is 5.75 Å². The number of hydrogen-bond acceptors (Lipinski definition) is 5. The molecule has 0 radical (unpaired) electrons. The lowest BCUT2D eigenvalue weighted by Gasteiger charge is -2.46. The Morgan fingerprint density at radius 2 is 1.79 bits per heavy atom. The van der Waals surface area contributed by atoms with Crippen molar-refractivity contribution in [1.82, 2.24) is 9.80 Å². The molecule has 1 atom stereocenters. The van der Waals surface area contributed by atoms with Crippen molar-refractivity contribution in [1.29, 1.82) is 0 Å². The Hall–Kier alpha value is -3.22. The van der Waals surface area contributed by atoms with Crippen LogP contribution < -0.4 is 14.5 Å². The molecule has 0 bridgehead atoms. The fourth-order valence-electron chi connectivity index (χ4n) is 5.34. The van der Waals surface area contributed by atoms with Gasteiger partial charge in [-0.3, -0.25) is 9.59 Å². The number of anilines is 2. The van der Waals surface area contributed by atoms with Crippen LogP contribution in [0.2, 0.25) is 0 Å². The Morgan fingerprint density at radius 1 is 1.00 bits per heavy atom. The molecule has 2 fully saturated rings. The maximum atomic E-state index is 13.3. The highest BCUT2D eigenvalue weighted by atomic mass is 16.5. The van der Waals surface area contributed by atoms with E-state index in [2.05, 4.69) is 15.9 Å². The molecule has 3 heterocycles. The quantitative estimate of drug-likeness (QED) is 0.717. The number of rotatable bonds is 4. The highest BCUT2D eigenvalue weighted by Gasteiger charge is 2.37. The molecule has 33 heavy (non-hydrogen) atoms. The minimum absolute atomic E-state index is 0.0301. The Bertz CT molecular complexity index is 1050. The van der Waals surface area contributed by atoms with Gasteiger partial charge in [0.05, 0.1) is 23.5 Å². The summed E-state index contributed by atoms with van der Waals surface area (Å²) in [5.74, 6) is 1.01. The number of fused-ring (bicyclic) bond motifs is 2. The van der Waals surface area contributed by atoms with E-state index in [1.165, 1.54) is 0 Å². The van der Waals surface area contributed by atoms with Crippen molar-refractivity contribution < 1.29 is 14.3 Å². The van der Waals surface area contributed by atoms with Gasteiger partial charge in [0.1, 0.15) is 11.9 Å². The third-order valence-corrected chi connectivity index (χ3v) is 7.11. The fourth-order valence-corrected chi connectivity index (χ4v) is 5.34. The summed E-state index contributed by atoms with van der Waals surface area (Å²) >= 11 is 0. The highest BCUT2D eigenvalue weighted by molar-refractivity contribution is 6.04. The van der Waals surface area contributed by atoms with E-state index in [4.69, 9.17) is 4.74 Å². The van der Waals surface area contributed by atoms with Crippen molar-refractivity contribution >= 4 is 23.2 Å². The van der Waals surface area contributed by atoms with Crippen LogP contribution in [0, 0.1) is 0 Å². The van der Waals surface area contributed by atoms with Crippen LogP contribution in [-0.2, 0) is 0 Å². The topological polar surface area (TPSA) is 56.3 Å². The molecule has 0 spiro atoms. The second kappa shape index (κ2) is 8.96. The average Bonchev–Trinajstić information content (AvgIpc) is 2.87. The minimum Gasteiger partial charge on any atom is -0.492 e. The van der Waals surface area contributed by atoms with E-state index < -0.39 is 0 Å². The van der Waals surface area contributed by atoms with Crippen molar-refractivity contribution in [2.75, 3.05) is 56.2 Å². The van der Waals surface area contributed by atoms with Gasteiger partial charge < -0.3 is 24.3 Å². The van der Waals surface area contributed by atoms with Gasteiger partial charge in [0.15, 0.2) is 0 Å². The largest absolute Gasteiger partial charge is 0.492 e. The normalized spacial score (nSPS) is 20.4. The number of piperidine rings is 1. The molecule has 2 aromatic rings. The summed E-state index contributed by atoms with van der Waals surface area (Å²) in [4.78, 5) is 34.7. The van der Waals surface area contributed by atoms with Crippen LogP contribution in [0.15, 0.2) is 42.5 Å². The maximum Gasteiger partial charge on any atom is 0.257 e. The first kappa shape index (κ1) is 21.6. The van der Waals surface area contributed by atoms with E-state index in [9.17, 15) is 9.59 Å². The molecule has 7 heteroatoms. The molecule has 174 valence electrons. The number of nitrogens with zero attached hydrogens (tertiary/aromatic N) is 4. The lowest BCUT2D eigenvalue weighted by Crippen LogP contribution is -2.56. The second-order valence-electron chi connectivity index (χ2n) is 9.00. The van der Waals surface area contributed by atoms with Gasteiger partial charge >= 0.3 is 0 Å². The molecule has 3 aliphatic rings. The Balaban J connectivity index is 1.31. The molecular weight excluding hydrogens is 416 g/mol. The number of piperazine rings is 1. The lowest BCUT2D eigenvalue weighted by molar-refractivity contribution is 0.0588. The lowest BCUT2D eigenvalue weighted by atomic mass is 9.97. The molecule has 2 aromatic carbocycles. The van der Waals surface area contributed by atoms with Crippen LogP contribution in [0.3, 0.4) is 0 Å². The molecule has 2 saturated heterocycles. The zero-order valence-corrected chi connectivity index (χ0v) is 19.5. The van der Waals surface area contributed by atoms with Crippen LogP contribution in [0.25, 0.3) is 0 Å². The van der Waals surface area contributed by atoms with Gasteiger partial charge in [-0.2, -0.15) is 0 Å². The number of benzene rings is 2. The van der Waals surface area contributed by atoms with Crippen LogP contribution in [0.1, 0.15) is 46.9 Å². The van der Waals surface area contributed by atoms with Gasteiger partial charge in [-0.05, 0) is 56.5 Å². The molecule has 0 N–H and O–H groups in total. The van der Waals surface area contributed by atoms with Crippen LogP contribution in [0.4, 0.5) is 11.4 Å². The SMILES string of the molecule is CCOc1ccccc1N1CCN(C(=O)c2ccc3c(c2)N(C)[C@H]2CCCCN2C3=O)CC1. The number of carbonyl (C=O) groups excluding carboxylic acids is 2. The van der Waals surface area contributed by atoms with E-state index in [1.54, 1.807) is 0 Å². The van der Waals surface area contributed by atoms with Gasteiger partial charge in [-0.15, -0.1) is 0 Å². The number of carbonyl (C=O) groups is 2. The highest BCUT2D eigenvalue weighted by Crippen LogP contribution is 2.35. The summed E-state index contributed by atoms with van der Waals surface area (Å²) < 4.78 is 5.79. The van der Waals surface area contributed by atoms with Crippen molar-refractivity contribution in [3.63, 3.8) is 0 Å². The minimum atomic E-state index is 0.0301. The number of ether oxygens (including phenoxy) is 1. The number of amides is 2. The number of para-hydroxylation sites is 2. The van der Waals surface area contributed by atoms with E-state index in [0.717, 1.165) is 56.0 Å². The molecule has 0 aliphatic carbocycles. The van der Waals surface area contributed by atoms with Gasteiger partial charge in [-0.25, -0.2) is 0 Å². The molecule has 5 rings (SSSR count). The van der Waals surface area contributed by atoms with E-state index in [0.29, 0.717) is 30.8 Å². The Labute approximate surface area is 195 Å². The fraction of sp³-hybridized carbons (Fsp3) is 0.462. The number of hydrogen-bond donors (Lipinski definition) is 0. The molecule has 2 amide bonds. The third kappa shape index (κ3) is 3.90. The van der Waals surface area contributed by atoms with Gasteiger partial charge in [0.25, 0.3) is 11.8 Å². The smallest absolute Gasteiger partial charge is 0.257 e. The summed E-state index contributed by atoms with van der Waals surface area (Å²) in [6, 6.07) is 13.6. The van der Waals surface area contributed by atoms with Crippen molar-refractivity contribution in [3.05, 3.63) is 53.6 Å². The van der Waals surface area contributed by atoms with Crippen molar-refractivity contribution in [2.45, 2.75) is 32.4 Å². The van der Waals surface area contributed by atoms with Crippen molar-refractivity contribution in [3.8, 4) is 5.75 Å². The Kier molecular flexibility index (Phi) is 5.87. The maximum absolute atomic E-state index is 13.3. The summed E-state index contributed by atoms with van der Waals surface area (Å²) in [6.45, 7) is 6.26. The molecule has 0 saturated carbocycles. The van der Waals surface area contributed by atoms with Gasteiger partial charge in [-0.1, -0.05) is 12.1 Å². The predicted octanol–water partition coefficient (Wildman–Crippen LogP) is 3.45.